The maximum atomic E-state index is 12.4. The molecule has 1 aliphatic heterocycles. The molecule has 9 heteroatoms. The van der Waals surface area contributed by atoms with Crippen LogP contribution in [0.4, 0.5) is 5.69 Å². The van der Waals surface area contributed by atoms with E-state index in [0.29, 0.717) is 33.8 Å². The van der Waals surface area contributed by atoms with Gasteiger partial charge in [0.2, 0.25) is 10.0 Å². The van der Waals surface area contributed by atoms with Gasteiger partial charge in [0, 0.05) is 22.6 Å². The van der Waals surface area contributed by atoms with Crippen LogP contribution in [-0.4, -0.2) is 31.9 Å². The van der Waals surface area contributed by atoms with Gasteiger partial charge in [0.05, 0.1) is 22.6 Å². The molecule has 27 heavy (non-hydrogen) atoms. The fourth-order valence-electron chi connectivity index (χ4n) is 3.06. The highest BCUT2D eigenvalue weighted by Gasteiger charge is 2.27. The molecular formula is C18H19N3O5S. The average Bonchev–Trinajstić information content (AvgIpc) is 3.03. The molecule has 3 rings (SSSR count). The number of sulfonamides is 1. The Labute approximate surface area is 156 Å². The van der Waals surface area contributed by atoms with Gasteiger partial charge in [0.1, 0.15) is 0 Å². The summed E-state index contributed by atoms with van der Waals surface area (Å²) in [6.07, 6.45) is 1.58. The Morgan fingerprint density at radius 3 is 2.63 bits per heavy atom. The van der Waals surface area contributed by atoms with Crippen LogP contribution in [0.5, 0.6) is 0 Å². The Balaban J connectivity index is 2.11. The van der Waals surface area contributed by atoms with Crippen molar-refractivity contribution in [2.75, 3.05) is 11.9 Å². The molecule has 0 spiro atoms. The first-order chi connectivity index (χ1) is 12.6. The lowest BCUT2D eigenvalue weighted by Crippen LogP contribution is -2.12. The second kappa shape index (κ2) is 6.67. The van der Waals surface area contributed by atoms with Gasteiger partial charge in [-0.25, -0.2) is 18.4 Å². The van der Waals surface area contributed by atoms with Crippen LogP contribution in [-0.2, 0) is 19.6 Å². The van der Waals surface area contributed by atoms with Crippen molar-refractivity contribution in [1.82, 2.24) is 4.98 Å². The summed E-state index contributed by atoms with van der Waals surface area (Å²) in [4.78, 5) is 27.5. The van der Waals surface area contributed by atoms with Crippen molar-refractivity contribution in [3.05, 3.63) is 46.3 Å². The molecule has 2 aromatic rings. The van der Waals surface area contributed by atoms with Gasteiger partial charge in [-0.15, -0.1) is 0 Å². The van der Waals surface area contributed by atoms with E-state index in [-0.39, 0.29) is 23.0 Å². The molecule has 0 atom stereocenters. The number of hydrogen-bond donors (Lipinski definition) is 3. The van der Waals surface area contributed by atoms with Crippen molar-refractivity contribution in [3.8, 4) is 0 Å². The number of hydrogen-bond acceptors (Lipinski definition) is 5. The Morgan fingerprint density at radius 1 is 1.30 bits per heavy atom. The second-order valence-electron chi connectivity index (χ2n) is 6.15. The third-order valence-corrected chi connectivity index (χ3v) is 5.26. The van der Waals surface area contributed by atoms with Crippen LogP contribution in [0.2, 0.25) is 0 Å². The summed E-state index contributed by atoms with van der Waals surface area (Å²) >= 11 is 0. The van der Waals surface area contributed by atoms with Gasteiger partial charge in [-0.2, -0.15) is 0 Å². The summed E-state index contributed by atoms with van der Waals surface area (Å²) < 4.78 is 28.3. The predicted molar refractivity (Wildman–Crippen MR) is 101 cm³/mol. The molecule has 8 nitrogen and oxygen atoms in total. The van der Waals surface area contributed by atoms with E-state index in [4.69, 9.17) is 9.88 Å². The average molecular weight is 389 g/mol. The second-order valence-corrected chi connectivity index (χ2v) is 7.71. The number of anilines is 1. The molecule has 0 radical (unpaired) electrons. The number of benzene rings is 1. The zero-order chi connectivity index (χ0) is 19.9. The van der Waals surface area contributed by atoms with E-state index < -0.39 is 16.0 Å². The van der Waals surface area contributed by atoms with Crippen LogP contribution < -0.4 is 10.5 Å². The van der Waals surface area contributed by atoms with Gasteiger partial charge in [-0.05, 0) is 50.6 Å². The summed E-state index contributed by atoms with van der Waals surface area (Å²) in [6, 6.07) is 4.18. The number of aromatic nitrogens is 1. The molecule has 2 heterocycles. The lowest BCUT2D eigenvalue weighted by Gasteiger charge is -2.03. The Morgan fingerprint density at radius 2 is 2.00 bits per heavy atom. The van der Waals surface area contributed by atoms with E-state index in [1.807, 2.05) is 0 Å². The highest BCUT2D eigenvalue weighted by atomic mass is 32.2. The smallest absolute Gasteiger partial charge is 0.340 e. The predicted octanol–water partition coefficient (Wildman–Crippen LogP) is 1.95. The molecule has 1 aliphatic rings. The van der Waals surface area contributed by atoms with Crippen molar-refractivity contribution in [2.45, 2.75) is 25.7 Å². The standard InChI is InChI=1S/C18H19N3O5S/c1-4-26-18(23)16-9(2)15(20-10(16)3)8-13-12-7-11(27(19,24)25)5-6-14(12)21-17(13)22/h5-8,20H,4H2,1-3H3,(H,21,22)(H2,19,24,25). The Hall–Kier alpha value is -2.91. The normalized spacial score (nSPS) is 15.0. The lowest BCUT2D eigenvalue weighted by atomic mass is 10.0. The number of aromatic amines is 1. The number of nitrogens with two attached hydrogens (primary N) is 1. The molecule has 4 N–H and O–H groups in total. The number of aryl methyl sites for hydroxylation is 1. The quantitative estimate of drug-likeness (QED) is 0.543. The van der Waals surface area contributed by atoms with Crippen molar-refractivity contribution in [2.24, 2.45) is 5.14 Å². The number of amides is 1. The summed E-state index contributed by atoms with van der Waals surface area (Å²) in [5.41, 5.74) is 3.43. The monoisotopic (exact) mass is 389 g/mol. The zero-order valence-electron chi connectivity index (χ0n) is 15.0. The first kappa shape index (κ1) is 18.9. The van der Waals surface area contributed by atoms with Gasteiger partial charge >= 0.3 is 5.97 Å². The number of H-pyrrole nitrogens is 1. The molecule has 142 valence electrons. The summed E-state index contributed by atoms with van der Waals surface area (Å²) in [5.74, 6) is -0.818. The highest BCUT2D eigenvalue weighted by Crippen LogP contribution is 2.35. The highest BCUT2D eigenvalue weighted by molar-refractivity contribution is 7.89. The third-order valence-electron chi connectivity index (χ3n) is 4.35. The molecule has 0 fully saturated rings. The minimum atomic E-state index is -3.90. The number of ether oxygens (including phenoxy) is 1. The van der Waals surface area contributed by atoms with E-state index >= 15 is 0 Å². The number of fused-ring (bicyclic) bond motifs is 1. The maximum absolute atomic E-state index is 12.4. The molecule has 0 aliphatic carbocycles. The van der Waals surface area contributed by atoms with Crippen LogP contribution in [0.1, 0.15) is 39.8 Å². The summed E-state index contributed by atoms with van der Waals surface area (Å²) in [6.45, 7) is 5.46. The van der Waals surface area contributed by atoms with E-state index in [1.54, 1.807) is 26.8 Å². The van der Waals surface area contributed by atoms with E-state index in [0.717, 1.165) is 0 Å². The van der Waals surface area contributed by atoms with Crippen molar-refractivity contribution >= 4 is 39.2 Å². The minimum Gasteiger partial charge on any atom is -0.462 e. The molecular weight excluding hydrogens is 370 g/mol. The molecule has 0 bridgehead atoms. The van der Waals surface area contributed by atoms with Crippen molar-refractivity contribution < 1.29 is 22.7 Å². The number of carbonyl (C=O) groups is 2. The first-order valence-corrected chi connectivity index (χ1v) is 9.74. The third kappa shape index (κ3) is 3.38. The fraction of sp³-hybridized carbons (Fsp3) is 0.222. The molecule has 1 aromatic heterocycles. The molecule has 1 amide bonds. The van der Waals surface area contributed by atoms with E-state index in [9.17, 15) is 18.0 Å². The lowest BCUT2D eigenvalue weighted by molar-refractivity contribution is -0.110. The summed E-state index contributed by atoms with van der Waals surface area (Å²) in [5, 5.41) is 7.86. The number of primary sulfonamides is 1. The van der Waals surface area contributed by atoms with E-state index in [2.05, 4.69) is 10.3 Å². The first-order valence-electron chi connectivity index (χ1n) is 8.20. The largest absolute Gasteiger partial charge is 0.462 e. The van der Waals surface area contributed by atoms with Crippen LogP contribution in [0.3, 0.4) is 0 Å². The molecule has 0 saturated heterocycles. The Bertz CT molecular complexity index is 1100. The van der Waals surface area contributed by atoms with Gasteiger partial charge in [-0.1, -0.05) is 0 Å². The fourth-order valence-corrected chi connectivity index (χ4v) is 3.60. The molecule has 1 aromatic carbocycles. The molecule has 0 saturated carbocycles. The van der Waals surface area contributed by atoms with Crippen molar-refractivity contribution in [1.29, 1.82) is 0 Å². The molecule has 0 unspecified atom stereocenters. The zero-order valence-corrected chi connectivity index (χ0v) is 15.9. The van der Waals surface area contributed by atoms with E-state index in [1.165, 1.54) is 18.2 Å². The van der Waals surface area contributed by atoms with Gasteiger partial charge in [0.15, 0.2) is 0 Å². The SMILES string of the molecule is CCOC(=O)c1c(C)[nH]c(C=C2C(=O)Nc3ccc(S(N)(=O)=O)cc32)c1C. The van der Waals surface area contributed by atoms with Crippen LogP contribution in [0.15, 0.2) is 23.1 Å². The summed E-state index contributed by atoms with van der Waals surface area (Å²) in [7, 11) is -3.90. The van der Waals surface area contributed by atoms with Crippen LogP contribution >= 0.6 is 0 Å². The number of rotatable bonds is 4. The van der Waals surface area contributed by atoms with Gasteiger partial charge in [-0.3, -0.25) is 4.79 Å². The van der Waals surface area contributed by atoms with Crippen LogP contribution in [0.25, 0.3) is 11.6 Å². The van der Waals surface area contributed by atoms with Crippen LogP contribution in [0, 0.1) is 13.8 Å². The number of carbonyl (C=O) groups excluding carboxylic acids is 2. The number of nitrogens with one attached hydrogen (secondary N) is 2. The maximum Gasteiger partial charge on any atom is 0.340 e. The van der Waals surface area contributed by atoms with Gasteiger partial charge in [0.25, 0.3) is 5.91 Å². The topological polar surface area (TPSA) is 131 Å². The van der Waals surface area contributed by atoms with Crippen molar-refractivity contribution in [3.63, 3.8) is 0 Å². The number of esters is 1. The van der Waals surface area contributed by atoms with Gasteiger partial charge < -0.3 is 15.0 Å². The minimum absolute atomic E-state index is 0.0877. The Kier molecular flexibility index (Phi) is 4.66.